The number of benzene rings is 1. The molecule has 1 aromatic rings. The van der Waals surface area contributed by atoms with Gasteiger partial charge in [0.25, 0.3) is 0 Å². The van der Waals surface area contributed by atoms with Crippen LogP contribution in [0.3, 0.4) is 0 Å². The predicted molar refractivity (Wildman–Crippen MR) is 40.0 cm³/mol. The highest BCUT2D eigenvalue weighted by Crippen LogP contribution is 2.22. The molecule has 2 N–H and O–H groups in total. The maximum absolute atomic E-state index is 12.9. The zero-order valence-electron chi connectivity index (χ0n) is 6.85. The van der Waals surface area contributed by atoms with E-state index in [2.05, 4.69) is 4.84 Å². The summed E-state index contributed by atoms with van der Waals surface area (Å²) < 4.78 is 38.3. The summed E-state index contributed by atoms with van der Waals surface area (Å²) >= 11 is 0. The molecule has 0 aliphatic carbocycles. The third-order valence-electron chi connectivity index (χ3n) is 1.65. The van der Waals surface area contributed by atoms with E-state index in [1.54, 1.807) is 0 Å². The molecular formula is C8H8F3NO. The van der Waals surface area contributed by atoms with Crippen LogP contribution in [0, 0.1) is 17.5 Å². The molecular weight excluding hydrogens is 183 g/mol. The molecule has 5 heteroatoms. The summed E-state index contributed by atoms with van der Waals surface area (Å²) in [5.74, 6) is 1.77. The lowest BCUT2D eigenvalue weighted by Crippen LogP contribution is -2.10. The molecule has 1 unspecified atom stereocenters. The van der Waals surface area contributed by atoms with Gasteiger partial charge in [-0.3, -0.25) is 4.84 Å². The van der Waals surface area contributed by atoms with Gasteiger partial charge < -0.3 is 0 Å². The molecule has 0 aliphatic rings. The van der Waals surface area contributed by atoms with Crippen LogP contribution >= 0.6 is 0 Å². The minimum absolute atomic E-state index is 0.371. The molecule has 0 fully saturated rings. The van der Waals surface area contributed by atoms with Crippen molar-refractivity contribution in [3.63, 3.8) is 0 Å². The Morgan fingerprint density at radius 3 is 2.08 bits per heavy atom. The van der Waals surface area contributed by atoms with E-state index in [1.807, 2.05) is 0 Å². The number of nitrogens with two attached hydrogens (primary N) is 1. The molecule has 0 saturated heterocycles. The number of hydrogen-bond acceptors (Lipinski definition) is 2. The standard InChI is InChI=1S/C8H8F3NO/c1-4(13-12)8-6(10)2-5(9)3-7(8)11/h2-4H,12H2,1H3. The Morgan fingerprint density at radius 2 is 1.69 bits per heavy atom. The Balaban J connectivity index is 3.20. The Bertz CT molecular complexity index is 293. The molecule has 1 aromatic carbocycles. The van der Waals surface area contributed by atoms with Crippen LogP contribution in [0.1, 0.15) is 18.6 Å². The third-order valence-corrected chi connectivity index (χ3v) is 1.65. The quantitative estimate of drug-likeness (QED) is 0.726. The van der Waals surface area contributed by atoms with Gasteiger partial charge in [-0.05, 0) is 6.92 Å². The zero-order valence-corrected chi connectivity index (χ0v) is 6.85. The lowest BCUT2D eigenvalue weighted by atomic mass is 10.1. The third kappa shape index (κ3) is 1.99. The van der Waals surface area contributed by atoms with E-state index in [0.29, 0.717) is 12.1 Å². The molecule has 0 aromatic heterocycles. The Labute approximate surface area is 73.1 Å². The van der Waals surface area contributed by atoms with Gasteiger partial charge in [0.15, 0.2) is 0 Å². The molecule has 0 heterocycles. The van der Waals surface area contributed by atoms with Crippen molar-refractivity contribution in [2.75, 3.05) is 0 Å². The molecule has 0 radical (unpaired) electrons. The first kappa shape index (κ1) is 10.0. The molecule has 1 atom stereocenters. The van der Waals surface area contributed by atoms with Crippen LogP contribution in [0.25, 0.3) is 0 Å². The molecule has 0 amide bonds. The summed E-state index contributed by atoms with van der Waals surface area (Å²) in [5.41, 5.74) is -0.371. The average molecular weight is 191 g/mol. The van der Waals surface area contributed by atoms with Crippen molar-refractivity contribution in [3.05, 3.63) is 35.1 Å². The summed E-state index contributed by atoms with van der Waals surface area (Å²) in [6.07, 6.45) is -0.944. The van der Waals surface area contributed by atoms with Crippen LogP contribution in [0.2, 0.25) is 0 Å². The molecule has 2 nitrogen and oxygen atoms in total. The van der Waals surface area contributed by atoms with E-state index in [9.17, 15) is 13.2 Å². The fraction of sp³-hybridized carbons (Fsp3) is 0.250. The van der Waals surface area contributed by atoms with Crippen molar-refractivity contribution in [3.8, 4) is 0 Å². The lowest BCUT2D eigenvalue weighted by molar-refractivity contribution is 0.0610. The highest BCUT2D eigenvalue weighted by molar-refractivity contribution is 5.22. The zero-order chi connectivity index (χ0) is 10.0. The van der Waals surface area contributed by atoms with Crippen LogP contribution in [0.5, 0.6) is 0 Å². The molecule has 1 rings (SSSR count). The van der Waals surface area contributed by atoms with E-state index in [0.717, 1.165) is 0 Å². The van der Waals surface area contributed by atoms with Crippen LogP contribution in [0.15, 0.2) is 12.1 Å². The van der Waals surface area contributed by atoms with Crippen molar-refractivity contribution in [2.45, 2.75) is 13.0 Å². The minimum atomic E-state index is -1.00. The Morgan fingerprint density at radius 1 is 1.23 bits per heavy atom. The first-order chi connectivity index (χ1) is 6.06. The van der Waals surface area contributed by atoms with Gasteiger partial charge in [-0.15, -0.1) is 0 Å². The van der Waals surface area contributed by atoms with Crippen LogP contribution in [0.4, 0.5) is 13.2 Å². The van der Waals surface area contributed by atoms with Crippen LogP contribution < -0.4 is 5.90 Å². The number of rotatable bonds is 2. The van der Waals surface area contributed by atoms with Gasteiger partial charge in [0.2, 0.25) is 0 Å². The van der Waals surface area contributed by atoms with Gasteiger partial charge in [0.1, 0.15) is 23.6 Å². The van der Waals surface area contributed by atoms with E-state index >= 15 is 0 Å². The van der Waals surface area contributed by atoms with Gasteiger partial charge in [-0.1, -0.05) is 0 Å². The van der Waals surface area contributed by atoms with Gasteiger partial charge in [-0.25, -0.2) is 19.1 Å². The predicted octanol–water partition coefficient (Wildman–Crippen LogP) is 2.06. The number of hydrogen-bond donors (Lipinski definition) is 1. The van der Waals surface area contributed by atoms with E-state index in [4.69, 9.17) is 5.90 Å². The fourth-order valence-corrected chi connectivity index (χ4v) is 1.01. The van der Waals surface area contributed by atoms with Crippen molar-refractivity contribution in [1.82, 2.24) is 0 Å². The normalized spacial score (nSPS) is 13.0. The first-order valence-corrected chi connectivity index (χ1v) is 3.56. The summed E-state index contributed by atoms with van der Waals surface area (Å²) in [6, 6.07) is 1.15. The minimum Gasteiger partial charge on any atom is -0.297 e. The first-order valence-electron chi connectivity index (χ1n) is 3.56. The van der Waals surface area contributed by atoms with Crippen LogP contribution in [-0.2, 0) is 4.84 Å². The Hall–Kier alpha value is -1.07. The molecule has 0 saturated carbocycles. The smallest absolute Gasteiger partial charge is 0.134 e. The van der Waals surface area contributed by atoms with E-state index in [1.165, 1.54) is 6.92 Å². The number of halogens is 3. The second kappa shape index (κ2) is 3.76. The van der Waals surface area contributed by atoms with Crippen LogP contribution in [-0.4, -0.2) is 0 Å². The second-order valence-corrected chi connectivity index (χ2v) is 2.56. The largest absolute Gasteiger partial charge is 0.297 e. The Kier molecular flexibility index (Phi) is 2.90. The average Bonchev–Trinajstić information content (AvgIpc) is 2.02. The van der Waals surface area contributed by atoms with E-state index in [-0.39, 0.29) is 5.56 Å². The van der Waals surface area contributed by atoms with Gasteiger partial charge in [0, 0.05) is 12.1 Å². The van der Waals surface area contributed by atoms with Crippen molar-refractivity contribution in [2.24, 2.45) is 5.90 Å². The summed E-state index contributed by atoms with van der Waals surface area (Å²) in [6.45, 7) is 1.36. The molecule has 0 spiro atoms. The summed E-state index contributed by atoms with van der Waals surface area (Å²) in [5, 5.41) is 0. The fourth-order valence-electron chi connectivity index (χ4n) is 1.01. The summed E-state index contributed by atoms with van der Waals surface area (Å²) in [7, 11) is 0. The molecule has 0 aliphatic heterocycles. The molecule has 72 valence electrons. The van der Waals surface area contributed by atoms with E-state index < -0.39 is 23.6 Å². The maximum Gasteiger partial charge on any atom is 0.134 e. The second-order valence-electron chi connectivity index (χ2n) is 2.56. The summed E-state index contributed by atoms with van der Waals surface area (Å²) in [4.78, 5) is 4.24. The van der Waals surface area contributed by atoms with Gasteiger partial charge in [-0.2, -0.15) is 0 Å². The van der Waals surface area contributed by atoms with Crippen molar-refractivity contribution >= 4 is 0 Å². The lowest BCUT2D eigenvalue weighted by Gasteiger charge is -2.10. The van der Waals surface area contributed by atoms with Gasteiger partial charge >= 0.3 is 0 Å². The van der Waals surface area contributed by atoms with Gasteiger partial charge in [0.05, 0.1) is 5.56 Å². The molecule has 0 bridgehead atoms. The SMILES string of the molecule is CC(ON)c1c(F)cc(F)cc1F. The monoisotopic (exact) mass is 191 g/mol. The highest BCUT2D eigenvalue weighted by Gasteiger charge is 2.17. The van der Waals surface area contributed by atoms with Crippen molar-refractivity contribution < 1.29 is 18.0 Å². The maximum atomic E-state index is 12.9. The van der Waals surface area contributed by atoms with Crippen molar-refractivity contribution in [1.29, 1.82) is 0 Å². The molecule has 13 heavy (non-hydrogen) atoms. The topological polar surface area (TPSA) is 35.2 Å². The highest BCUT2D eigenvalue weighted by atomic mass is 19.1.